The molecule has 20 heavy (non-hydrogen) atoms. The Kier molecular flexibility index (Phi) is 5.40. The first kappa shape index (κ1) is 16.3. The highest BCUT2D eigenvalue weighted by molar-refractivity contribution is 5.42. The van der Waals surface area contributed by atoms with Gasteiger partial charge in [-0.05, 0) is 32.0 Å². The molecule has 0 aliphatic carbocycles. The molecule has 0 heterocycles. The Labute approximate surface area is 116 Å². The second-order valence-electron chi connectivity index (χ2n) is 4.75. The molecule has 0 unspecified atom stereocenters. The van der Waals surface area contributed by atoms with Gasteiger partial charge >= 0.3 is 6.18 Å². The molecule has 1 aromatic rings. The van der Waals surface area contributed by atoms with Crippen molar-refractivity contribution < 1.29 is 17.9 Å². The van der Waals surface area contributed by atoms with Crippen LogP contribution in [-0.2, 0) is 6.54 Å². The summed E-state index contributed by atoms with van der Waals surface area (Å²) in [6.45, 7) is 2.49. The van der Waals surface area contributed by atoms with Crippen molar-refractivity contribution in [1.82, 2.24) is 4.90 Å². The van der Waals surface area contributed by atoms with Gasteiger partial charge in [-0.25, -0.2) is 0 Å². The Morgan fingerprint density at radius 2 is 2.00 bits per heavy atom. The van der Waals surface area contributed by atoms with E-state index in [4.69, 9.17) is 10.00 Å². The van der Waals surface area contributed by atoms with Gasteiger partial charge in [-0.1, -0.05) is 0 Å². The number of nitrogens with zero attached hydrogens (tertiary/aromatic N) is 2. The van der Waals surface area contributed by atoms with Gasteiger partial charge in [-0.15, -0.1) is 0 Å². The van der Waals surface area contributed by atoms with Crippen LogP contribution in [-0.4, -0.2) is 30.8 Å². The highest BCUT2D eigenvalue weighted by Crippen LogP contribution is 2.25. The van der Waals surface area contributed by atoms with E-state index in [0.717, 1.165) is 0 Å². The molecule has 0 fully saturated rings. The van der Waals surface area contributed by atoms with E-state index in [1.165, 1.54) is 12.0 Å². The highest BCUT2D eigenvalue weighted by Gasteiger charge is 2.32. The fraction of sp³-hybridized carbons (Fsp3) is 0.500. The van der Waals surface area contributed by atoms with Gasteiger partial charge in [-0.2, -0.15) is 18.4 Å². The summed E-state index contributed by atoms with van der Waals surface area (Å²) < 4.78 is 42.9. The summed E-state index contributed by atoms with van der Waals surface area (Å²) in [5.41, 5.74) is 0.973. The average Bonchev–Trinajstić information content (AvgIpc) is 2.36. The van der Waals surface area contributed by atoms with Crippen LogP contribution < -0.4 is 4.74 Å². The standard InChI is InChI=1S/C14H17F3N2O/c1-10(2)19(9-14(15,16)17)8-12-6-11(7-18)4-5-13(12)20-3/h4-6,10H,8-9H2,1-3H3. The molecule has 6 heteroatoms. The molecule has 0 saturated carbocycles. The number of ether oxygens (including phenoxy) is 1. The smallest absolute Gasteiger partial charge is 0.401 e. The highest BCUT2D eigenvalue weighted by atomic mass is 19.4. The lowest BCUT2D eigenvalue weighted by molar-refractivity contribution is -0.150. The summed E-state index contributed by atoms with van der Waals surface area (Å²) in [5.74, 6) is 0.483. The van der Waals surface area contributed by atoms with Crippen molar-refractivity contribution in [3.05, 3.63) is 29.3 Å². The topological polar surface area (TPSA) is 36.3 Å². The summed E-state index contributed by atoms with van der Waals surface area (Å²) in [5, 5.41) is 8.87. The maximum absolute atomic E-state index is 12.6. The number of benzene rings is 1. The molecule has 110 valence electrons. The molecule has 3 nitrogen and oxygen atoms in total. The molecular weight excluding hydrogens is 269 g/mol. The number of rotatable bonds is 5. The minimum atomic E-state index is -4.26. The van der Waals surface area contributed by atoms with Gasteiger partial charge in [0.2, 0.25) is 0 Å². The molecule has 0 radical (unpaired) electrons. The van der Waals surface area contributed by atoms with E-state index in [1.807, 2.05) is 6.07 Å². The van der Waals surface area contributed by atoms with E-state index < -0.39 is 12.7 Å². The van der Waals surface area contributed by atoms with E-state index in [2.05, 4.69) is 0 Å². The molecule has 0 aliphatic rings. The van der Waals surface area contributed by atoms with E-state index in [9.17, 15) is 13.2 Å². The van der Waals surface area contributed by atoms with Crippen molar-refractivity contribution in [3.8, 4) is 11.8 Å². The Hall–Kier alpha value is -1.74. The third-order valence-electron chi connectivity index (χ3n) is 2.90. The largest absolute Gasteiger partial charge is 0.496 e. The van der Waals surface area contributed by atoms with Crippen molar-refractivity contribution in [2.24, 2.45) is 0 Å². The zero-order chi connectivity index (χ0) is 15.3. The molecule has 0 spiro atoms. The van der Waals surface area contributed by atoms with Gasteiger partial charge in [0.15, 0.2) is 0 Å². The second kappa shape index (κ2) is 6.62. The van der Waals surface area contributed by atoms with Crippen molar-refractivity contribution in [2.75, 3.05) is 13.7 Å². The Bertz CT molecular complexity index is 492. The van der Waals surface area contributed by atoms with Crippen LogP contribution in [0.1, 0.15) is 25.0 Å². The fourth-order valence-corrected chi connectivity index (χ4v) is 1.84. The maximum Gasteiger partial charge on any atom is 0.401 e. The first-order valence-corrected chi connectivity index (χ1v) is 6.14. The predicted octanol–water partition coefficient (Wildman–Crippen LogP) is 3.34. The molecule has 0 N–H and O–H groups in total. The summed E-state index contributed by atoms with van der Waals surface area (Å²) in [6, 6.07) is 6.43. The lowest BCUT2D eigenvalue weighted by atomic mass is 10.1. The van der Waals surface area contributed by atoms with E-state index in [1.54, 1.807) is 32.0 Å². The van der Waals surface area contributed by atoms with Gasteiger partial charge < -0.3 is 4.74 Å². The Morgan fingerprint density at radius 1 is 1.35 bits per heavy atom. The maximum atomic E-state index is 12.6. The Morgan fingerprint density at radius 3 is 2.45 bits per heavy atom. The quantitative estimate of drug-likeness (QED) is 0.833. The Balaban J connectivity index is 3.01. The zero-order valence-electron chi connectivity index (χ0n) is 11.7. The van der Waals surface area contributed by atoms with Crippen LogP contribution in [0.2, 0.25) is 0 Å². The summed E-state index contributed by atoms with van der Waals surface area (Å²) in [4.78, 5) is 1.29. The molecule has 0 amide bonds. The van der Waals surface area contributed by atoms with E-state index in [-0.39, 0.29) is 12.6 Å². The molecule has 1 rings (SSSR count). The number of nitriles is 1. The summed E-state index contributed by atoms with van der Waals surface area (Å²) in [7, 11) is 1.45. The van der Waals surface area contributed by atoms with Crippen LogP contribution in [0, 0.1) is 11.3 Å². The van der Waals surface area contributed by atoms with Crippen LogP contribution >= 0.6 is 0 Å². The van der Waals surface area contributed by atoms with Crippen molar-refractivity contribution in [3.63, 3.8) is 0 Å². The number of alkyl halides is 3. The lowest BCUT2D eigenvalue weighted by Gasteiger charge is -2.28. The summed E-state index contributed by atoms with van der Waals surface area (Å²) >= 11 is 0. The molecular formula is C14H17F3N2O. The van der Waals surface area contributed by atoms with Crippen LogP contribution in [0.25, 0.3) is 0 Å². The number of halogens is 3. The molecule has 0 aliphatic heterocycles. The monoisotopic (exact) mass is 286 g/mol. The number of methoxy groups -OCH3 is 1. The van der Waals surface area contributed by atoms with Crippen LogP contribution in [0.4, 0.5) is 13.2 Å². The molecule has 0 saturated heterocycles. The van der Waals surface area contributed by atoms with Gasteiger partial charge in [0.05, 0.1) is 25.3 Å². The van der Waals surface area contributed by atoms with Gasteiger partial charge in [0, 0.05) is 18.2 Å². The third-order valence-corrected chi connectivity index (χ3v) is 2.90. The molecule has 0 aromatic heterocycles. The van der Waals surface area contributed by atoms with Crippen LogP contribution in [0.15, 0.2) is 18.2 Å². The summed E-state index contributed by atoms with van der Waals surface area (Å²) in [6.07, 6.45) is -4.26. The van der Waals surface area contributed by atoms with Crippen LogP contribution in [0.3, 0.4) is 0 Å². The first-order valence-electron chi connectivity index (χ1n) is 6.14. The fourth-order valence-electron chi connectivity index (χ4n) is 1.84. The number of hydrogen-bond acceptors (Lipinski definition) is 3. The molecule has 0 bridgehead atoms. The number of hydrogen-bond donors (Lipinski definition) is 0. The normalized spacial score (nSPS) is 11.8. The first-order chi connectivity index (χ1) is 9.26. The third kappa shape index (κ3) is 4.74. The van der Waals surface area contributed by atoms with Gasteiger partial charge in [-0.3, -0.25) is 4.90 Å². The van der Waals surface area contributed by atoms with Crippen molar-refractivity contribution in [1.29, 1.82) is 5.26 Å². The van der Waals surface area contributed by atoms with Gasteiger partial charge in [0.1, 0.15) is 5.75 Å². The minimum absolute atomic E-state index is 0.0792. The van der Waals surface area contributed by atoms with Crippen molar-refractivity contribution in [2.45, 2.75) is 32.6 Å². The van der Waals surface area contributed by atoms with E-state index in [0.29, 0.717) is 16.9 Å². The average molecular weight is 286 g/mol. The van der Waals surface area contributed by atoms with Crippen LogP contribution in [0.5, 0.6) is 5.75 Å². The second-order valence-corrected chi connectivity index (χ2v) is 4.75. The van der Waals surface area contributed by atoms with Gasteiger partial charge in [0.25, 0.3) is 0 Å². The molecule has 1 aromatic carbocycles. The zero-order valence-corrected chi connectivity index (χ0v) is 11.7. The molecule has 0 atom stereocenters. The lowest BCUT2D eigenvalue weighted by Crippen LogP contribution is -2.38. The van der Waals surface area contributed by atoms with Crippen molar-refractivity contribution >= 4 is 0 Å². The van der Waals surface area contributed by atoms with E-state index >= 15 is 0 Å². The minimum Gasteiger partial charge on any atom is -0.496 e. The SMILES string of the molecule is COc1ccc(C#N)cc1CN(CC(F)(F)F)C(C)C. The predicted molar refractivity (Wildman–Crippen MR) is 69.3 cm³/mol.